The SMILES string of the molecule is C[C@@H](Oc1ccccc1F)C(=O)NNS(=O)(=O)c1ccc(F)c(F)c1F. The first-order chi connectivity index (χ1) is 12.1. The molecule has 1 atom stereocenters. The summed E-state index contributed by atoms with van der Waals surface area (Å²) in [7, 11) is -4.73. The number of hydrogen-bond donors (Lipinski definition) is 2. The van der Waals surface area contributed by atoms with E-state index in [4.69, 9.17) is 4.74 Å². The lowest BCUT2D eigenvalue weighted by atomic mass is 10.3. The molecule has 6 nitrogen and oxygen atoms in total. The molecular formula is C15H12F4N2O4S. The van der Waals surface area contributed by atoms with Crippen LogP contribution in [0.2, 0.25) is 0 Å². The molecule has 0 bridgehead atoms. The smallest absolute Gasteiger partial charge is 0.275 e. The maximum atomic E-state index is 13.6. The first kappa shape index (κ1) is 19.7. The Morgan fingerprint density at radius 2 is 1.65 bits per heavy atom. The third-order valence-corrected chi connectivity index (χ3v) is 4.37. The highest BCUT2D eigenvalue weighted by molar-refractivity contribution is 7.89. The number of sulfonamides is 1. The van der Waals surface area contributed by atoms with Crippen LogP contribution in [0.4, 0.5) is 17.6 Å². The van der Waals surface area contributed by atoms with Crippen molar-refractivity contribution in [3.05, 3.63) is 59.7 Å². The monoisotopic (exact) mass is 392 g/mol. The van der Waals surface area contributed by atoms with Crippen molar-refractivity contribution in [1.29, 1.82) is 0 Å². The van der Waals surface area contributed by atoms with Crippen LogP contribution in [0.15, 0.2) is 41.3 Å². The van der Waals surface area contributed by atoms with Gasteiger partial charge >= 0.3 is 0 Å². The van der Waals surface area contributed by atoms with Crippen molar-refractivity contribution in [2.75, 3.05) is 0 Å². The zero-order valence-electron chi connectivity index (χ0n) is 13.1. The molecule has 2 rings (SSSR count). The predicted octanol–water partition coefficient (Wildman–Crippen LogP) is 2.02. The van der Waals surface area contributed by atoms with Crippen LogP contribution in [0.3, 0.4) is 0 Å². The van der Waals surface area contributed by atoms with Gasteiger partial charge in [-0.15, -0.1) is 4.83 Å². The molecule has 26 heavy (non-hydrogen) atoms. The molecule has 0 heterocycles. The van der Waals surface area contributed by atoms with E-state index in [9.17, 15) is 30.8 Å². The second kappa shape index (κ2) is 7.70. The van der Waals surface area contributed by atoms with Crippen LogP contribution in [0.1, 0.15) is 6.92 Å². The highest BCUT2D eigenvalue weighted by atomic mass is 32.2. The topological polar surface area (TPSA) is 84.5 Å². The van der Waals surface area contributed by atoms with Crippen LogP contribution < -0.4 is 15.0 Å². The second-order valence-electron chi connectivity index (χ2n) is 4.96. The number of amides is 1. The number of hydrazine groups is 1. The fourth-order valence-electron chi connectivity index (χ4n) is 1.77. The van der Waals surface area contributed by atoms with Crippen LogP contribution in [0.5, 0.6) is 5.75 Å². The van der Waals surface area contributed by atoms with Crippen LogP contribution in [-0.4, -0.2) is 20.4 Å². The third-order valence-electron chi connectivity index (χ3n) is 3.11. The molecule has 0 radical (unpaired) electrons. The molecule has 2 N–H and O–H groups in total. The lowest BCUT2D eigenvalue weighted by Crippen LogP contribution is -2.47. The number of para-hydroxylation sites is 1. The van der Waals surface area contributed by atoms with Gasteiger partial charge in [0, 0.05) is 0 Å². The summed E-state index contributed by atoms with van der Waals surface area (Å²) in [4.78, 5) is 12.1. The minimum absolute atomic E-state index is 0.246. The Labute approximate surface area is 145 Å². The molecule has 0 aliphatic rings. The molecule has 0 aliphatic carbocycles. The van der Waals surface area contributed by atoms with Gasteiger partial charge in [-0.3, -0.25) is 10.2 Å². The third kappa shape index (κ3) is 4.29. The number of rotatable bonds is 6. The molecule has 140 valence electrons. The van der Waals surface area contributed by atoms with Crippen molar-refractivity contribution < 1.29 is 35.5 Å². The van der Waals surface area contributed by atoms with Crippen LogP contribution >= 0.6 is 0 Å². The zero-order chi connectivity index (χ0) is 19.5. The number of hydrogen-bond acceptors (Lipinski definition) is 4. The van der Waals surface area contributed by atoms with Crippen molar-refractivity contribution in [2.45, 2.75) is 17.9 Å². The molecule has 11 heteroatoms. The van der Waals surface area contributed by atoms with Crippen LogP contribution in [-0.2, 0) is 14.8 Å². The van der Waals surface area contributed by atoms with E-state index in [1.54, 1.807) is 5.43 Å². The van der Waals surface area contributed by atoms with Gasteiger partial charge in [-0.1, -0.05) is 12.1 Å². The Morgan fingerprint density at radius 3 is 2.31 bits per heavy atom. The van der Waals surface area contributed by atoms with E-state index in [0.29, 0.717) is 12.1 Å². The number of carbonyl (C=O) groups excluding carboxylic acids is 1. The predicted molar refractivity (Wildman–Crippen MR) is 81.3 cm³/mol. The minimum atomic E-state index is -4.73. The molecule has 0 fully saturated rings. The fourth-order valence-corrected chi connectivity index (χ4v) is 2.69. The van der Waals surface area contributed by atoms with E-state index in [1.807, 2.05) is 0 Å². The van der Waals surface area contributed by atoms with E-state index >= 15 is 0 Å². The standard InChI is InChI=1S/C15H12F4N2O4S/c1-8(25-11-5-3-2-4-9(11)16)15(22)20-21-26(23,24)12-7-6-10(17)13(18)14(12)19/h2-8,21H,1H3,(H,20,22)/t8-/m1/s1. The first-order valence-corrected chi connectivity index (χ1v) is 8.48. The molecule has 0 saturated carbocycles. The number of carbonyl (C=O) groups is 1. The summed E-state index contributed by atoms with van der Waals surface area (Å²) in [6.07, 6.45) is -1.33. The summed E-state index contributed by atoms with van der Waals surface area (Å²) in [6.45, 7) is 1.20. The summed E-state index contributed by atoms with van der Waals surface area (Å²) in [5, 5.41) is 0. The van der Waals surface area contributed by atoms with Gasteiger partial charge in [-0.05, 0) is 31.2 Å². The molecule has 0 spiro atoms. The van der Waals surface area contributed by atoms with Gasteiger partial charge in [-0.25, -0.2) is 26.0 Å². The first-order valence-electron chi connectivity index (χ1n) is 7.00. The Hall–Kier alpha value is -2.66. The van der Waals surface area contributed by atoms with Gasteiger partial charge < -0.3 is 4.74 Å². The van der Waals surface area contributed by atoms with Crippen LogP contribution in [0, 0.1) is 23.3 Å². The van der Waals surface area contributed by atoms with Gasteiger partial charge in [0.15, 0.2) is 35.1 Å². The molecule has 0 aromatic heterocycles. The highest BCUT2D eigenvalue weighted by Gasteiger charge is 2.25. The van der Waals surface area contributed by atoms with E-state index in [-0.39, 0.29) is 5.75 Å². The van der Waals surface area contributed by atoms with Gasteiger partial charge in [-0.2, -0.15) is 0 Å². The van der Waals surface area contributed by atoms with Gasteiger partial charge in [0.2, 0.25) is 0 Å². The highest BCUT2D eigenvalue weighted by Crippen LogP contribution is 2.19. The van der Waals surface area contributed by atoms with Crippen molar-refractivity contribution in [3.8, 4) is 5.75 Å². The average molecular weight is 392 g/mol. The van der Waals surface area contributed by atoms with E-state index in [2.05, 4.69) is 0 Å². The number of ether oxygens (including phenoxy) is 1. The maximum Gasteiger partial charge on any atom is 0.275 e. The van der Waals surface area contributed by atoms with Crippen molar-refractivity contribution in [3.63, 3.8) is 0 Å². The maximum absolute atomic E-state index is 13.6. The molecular weight excluding hydrogens is 380 g/mol. The average Bonchev–Trinajstić information content (AvgIpc) is 2.59. The van der Waals surface area contributed by atoms with E-state index < -0.39 is 50.2 Å². The Bertz CT molecular complexity index is 937. The lowest BCUT2D eigenvalue weighted by molar-refractivity contribution is -0.127. The summed E-state index contributed by atoms with van der Waals surface area (Å²) >= 11 is 0. The van der Waals surface area contributed by atoms with Gasteiger partial charge in [0.25, 0.3) is 15.9 Å². The summed E-state index contributed by atoms with van der Waals surface area (Å²) < 4.78 is 81.8. The van der Waals surface area contributed by atoms with E-state index in [1.165, 1.54) is 30.0 Å². The Kier molecular flexibility index (Phi) is 5.83. The number of benzene rings is 2. The normalized spacial score (nSPS) is 12.5. The number of halogens is 4. The summed E-state index contributed by atoms with van der Waals surface area (Å²) in [5.74, 6) is -7.52. The van der Waals surface area contributed by atoms with Gasteiger partial charge in [0.05, 0.1) is 0 Å². The number of nitrogens with one attached hydrogen (secondary N) is 2. The van der Waals surface area contributed by atoms with Crippen molar-refractivity contribution in [2.24, 2.45) is 0 Å². The Balaban J connectivity index is 2.06. The molecule has 2 aromatic rings. The second-order valence-corrected chi connectivity index (χ2v) is 6.61. The Morgan fingerprint density at radius 1 is 1.00 bits per heavy atom. The molecule has 1 amide bonds. The molecule has 2 aromatic carbocycles. The van der Waals surface area contributed by atoms with Crippen molar-refractivity contribution >= 4 is 15.9 Å². The lowest BCUT2D eigenvalue weighted by Gasteiger charge is -2.15. The summed E-state index contributed by atoms with van der Waals surface area (Å²) in [6, 6.07) is 6.10. The van der Waals surface area contributed by atoms with E-state index in [0.717, 1.165) is 6.07 Å². The minimum Gasteiger partial charge on any atom is -0.478 e. The largest absolute Gasteiger partial charge is 0.478 e. The summed E-state index contributed by atoms with van der Waals surface area (Å²) in [5.41, 5.74) is 1.71. The fraction of sp³-hybridized carbons (Fsp3) is 0.133. The molecule has 0 saturated heterocycles. The van der Waals surface area contributed by atoms with Crippen LogP contribution in [0.25, 0.3) is 0 Å². The molecule has 0 unspecified atom stereocenters. The van der Waals surface area contributed by atoms with Crippen molar-refractivity contribution in [1.82, 2.24) is 10.3 Å². The zero-order valence-corrected chi connectivity index (χ0v) is 13.9. The van der Waals surface area contributed by atoms with Gasteiger partial charge in [0.1, 0.15) is 4.90 Å². The quantitative estimate of drug-likeness (QED) is 0.448. The molecule has 0 aliphatic heterocycles.